The van der Waals surface area contributed by atoms with E-state index in [4.69, 9.17) is 29.6 Å². The Kier molecular flexibility index (Phi) is 4.12. The fourth-order valence-corrected chi connectivity index (χ4v) is 2.04. The highest BCUT2D eigenvalue weighted by Gasteiger charge is 2.04. The summed E-state index contributed by atoms with van der Waals surface area (Å²) in [6, 6.07) is 11.3. The molecule has 0 aliphatic heterocycles. The first-order valence-corrected chi connectivity index (χ1v) is 6.18. The van der Waals surface area contributed by atoms with Crippen LogP contribution >= 0.6 is 23.8 Å². The molecule has 18 heavy (non-hydrogen) atoms. The van der Waals surface area contributed by atoms with E-state index in [2.05, 4.69) is 10.3 Å². The van der Waals surface area contributed by atoms with E-state index < -0.39 is 0 Å². The molecule has 2 aromatic rings. The van der Waals surface area contributed by atoms with Gasteiger partial charge in [0.15, 0.2) is 0 Å². The first kappa shape index (κ1) is 12.8. The van der Waals surface area contributed by atoms with Crippen molar-refractivity contribution in [3.63, 3.8) is 0 Å². The van der Waals surface area contributed by atoms with Crippen LogP contribution in [0.15, 0.2) is 42.6 Å². The summed E-state index contributed by atoms with van der Waals surface area (Å²) >= 11 is 11.0. The summed E-state index contributed by atoms with van der Waals surface area (Å²) in [5.41, 5.74) is 8.11. The second kappa shape index (κ2) is 5.80. The van der Waals surface area contributed by atoms with Gasteiger partial charge < -0.3 is 11.1 Å². The molecule has 1 aromatic heterocycles. The summed E-state index contributed by atoms with van der Waals surface area (Å²) in [6.45, 7) is 0.642. The predicted molar refractivity (Wildman–Crippen MR) is 78.9 cm³/mol. The van der Waals surface area contributed by atoms with Crippen LogP contribution < -0.4 is 11.1 Å². The minimum atomic E-state index is 0.302. The standard InChI is InChI=1S/C13H12ClN3S/c14-12-7-9(4-5-11(12)13(15)18)17-8-10-3-1-2-6-16-10/h1-7,17H,8H2,(H2,15,18). The second-order valence-electron chi connectivity index (χ2n) is 3.73. The Labute approximate surface area is 116 Å². The number of hydrogen-bond donors (Lipinski definition) is 2. The van der Waals surface area contributed by atoms with E-state index >= 15 is 0 Å². The maximum atomic E-state index is 6.08. The molecule has 0 aliphatic rings. The van der Waals surface area contributed by atoms with Crippen LogP contribution in [0.3, 0.4) is 0 Å². The third kappa shape index (κ3) is 3.18. The number of hydrogen-bond acceptors (Lipinski definition) is 3. The first-order valence-electron chi connectivity index (χ1n) is 5.40. The number of nitrogens with two attached hydrogens (primary N) is 1. The number of thiocarbonyl (C=S) groups is 1. The van der Waals surface area contributed by atoms with Crippen LogP contribution in [-0.2, 0) is 6.54 Å². The lowest BCUT2D eigenvalue weighted by Gasteiger charge is -2.08. The third-order valence-electron chi connectivity index (χ3n) is 2.43. The molecular formula is C13H12ClN3S. The quantitative estimate of drug-likeness (QED) is 0.844. The molecule has 0 fully saturated rings. The van der Waals surface area contributed by atoms with Crippen LogP contribution in [-0.4, -0.2) is 9.97 Å². The molecular weight excluding hydrogens is 266 g/mol. The molecule has 0 unspecified atom stereocenters. The van der Waals surface area contributed by atoms with Crippen LogP contribution in [0.5, 0.6) is 0 Å². The number of benzene rings is 1. The summed E-state index contributed by atoms with van der Waals surface area (Å²) in [6.07, 6.45) is 1.76. The highest BCUT2D eigenvalue weighted by Crippen LogP contribution is 2.21. The van der Waals surface area contributed by atoms with E-state index in [1.807, 2.05) is 30.3 Å². The van der Waals surface area contributed by atoms with Gasteiger partial charge in [-0.25, -0.2) is 0 Å². The predicted octanol–water partition coefficient (Wildman–Crippen LogP) is 2.98. The molecule has 0 saturated carbocycles. The van der Waals surface area contributed by atoms with Gasteiger partial charge in [-0.15, -0.1) is 0 Å². The normalized spacial score (nSPS) is 10.1. The van der Waals surface area contributed by atoms with Crippen molar-refractivity contribution in [3.8, 4) is 0 Å². The number of nitrogens with zero attached hydrogens (tertiary/aromatic N) is 1. The molecule has 3 N–H and O–H groups in total. The van der Waals surface area contributed by atoms with Crippen LogP contribution in [0.4, 0.5) is 5.69 Å². The van der Waals surface area contributed by atoms with E-state index in [-0.39, 0.29) is 0 Å². The monoisotopic (exact) mass is 277 g/mol. The Morgan fingerprint density at radius 3 is 2.78 bits per heavy atom. The average Bonchev–Trinajstić information content (AvgIpc) is 2.37. The van der Waals surface area contributed by atoms with Gasteiger partial charge in [-0.1, -0.05) is 29.9 Å². The fourth-order valence-electron chi connectivity index (χ4n) is 1.52. The number of pyridine rings is 1. The minimum absolute atomic E-state index is 0.302. The maximum absolute atomic E-state index is 6.08. The highest BCUT2D eigenvalue weighted by atomic mass is 35.5. The topological polar surface area (TPSA) is 50.9 Å². The molecule has 0 radical (unpaired) electrons. The number of aromatic nitrogens is 1. The zero-order valence-corrected chi connectivity index (χ0v) is 11.1. The van der Waals surface area contributed by atoms with Gasteiger partial charge in [0.05, 0.1) is 17.3 Å². The van der Waals surface area contributed by atoms with Crippen LogP contribution in [0.1, 0.15) is 11.3 Å². The zero-order valence-electron chi connectivity index (χ0n) is 9.56. The van der Waals surface area contributed by atoms with E-state index in [0.717, 1.165) is 11.4 Å². The number of rotatable bonds is 4. The van der Waals surface area contributed by atoms with Crippen molar-refractivity contribution < 1.29 is 0 Å². The van der Waals surface area contributed by atoms with Crippen molar-refractivity contribution in [1.29, 1.82) is 0 Å². The SMILES string of the molecule is NC(=S)c1ccc(NCc2ccccn2)cc1Cl. The van der Waals surface area contributed by atoms with Crippen molar-refractivity contribution >= 4 is 34.5 Å². The molecule has 0 spiro atoms. The van der Waals surface area contributed by atoms with Crippen molar-refractivity contribution in [1.82, 2.24) is 4.98 Å². The number of anilines is 1. The Morgan fingerprint density at radius 1 is 1.33 bits per heavy atom. The van der Waals surface area contributed by atoms with Gasteiger partial charge in [-0.05, 0) is 30.3 Å². The van der Waals surface area contributed by atoms with Gasteiger partial charge in [0.1, 0.15) is 4.99 Å². The Balaban J connectivity index is 2.07. The zero-order chi connectivity index (χ0) is 13.0. The summed E-state index contributed by atoms with van der Waals surface area (Å²) in [4.78, 5) is 4.53. The van der Waals surface area contributed by atoms with Gasteiger partial charge in [-0.3, -0.25) is 4.98 Å². The number of nitrogens with one attached hydrogen (secondary N) is 1. The van der Waals surface area contributed by atoms with Crippen LogP contribution in [0.25, 0.3) is 0 Å². The van der Waals surface area contributed by atoms with Crippen molar-refractivity contribution in [2.24, 2.45) is 5.73 Å². The molecule has 0 amide bonds. The van der Waals surface area contributed by atoms with E-state index in [1.54, 1.807) is 12.3 Å². The first-order chi connectivity index (χ1) is 8.66. The van der Waals surface area contributed by atoms with Crippen molar-refractivity contribution in [2.75, 3.05) is 5.32 Å². The van der Waals surface area contributed by atoms with Gasteiger partial charge in [0.2, 0.25) is 0 Å². The Morgan fingerprint density at radius 2 is 2.17 bits per heavy atom. The average molecular weight is 278 g/mol. The summed E-state index contributed by atoms with van der Waals surface area (Å²) < 4.78 is 0. The lowest BCUT2D eigenvalue weighted by molar-refractivity contribution is 1.05. The smallest absolute Gasteiger partial charge is 0.105 e. The molecule has 0 bridgehead atoms. The van der Waals surface area contributed by atoms with E-state index in [0.29, 0.717) is 22.1 Å². The Hall–Kier alpha value is -1.65. The van der Waals surface area contributed by atoms with Crippen LogP contribution in [0.2, 0.25) is 5.02 Å². The van der Waals surface area contributed by atoms with E-state index in [1.165, 1.54) is 0 Å². The second-order valence-corrected chi connectivity index (χ2v) is 4.58. The molecule has 0 atom stereocenters. The van der Waals surface area contributed by atoms with Crippen molar-refractivity contribution in [3.05, 3.63) is 58.9 Å². The van der Waals surface area contributed by atoms with E-state index in [9.17, 15) is 0 Å². The molecule has 1 heterocycles. The Bertz CT molecular complexity index is 557. The van der Waals surface area contributed by atoms with Crippen LogP contribution in [0, 0.1) is 0 Å². The third-order valence-corrected chi connectivity index (χ3v) is 2.97. The molecule has 1 aromatic carbocycles. The molecule has 92 valence electrons. The lowest BCUT2D eigenvalue weighted by atomic mass is 10.2. The maximum Gasteiger partial charge on any atom is 0.105 e. The largest absolute Gasteiger partial charge is 0.389 e. The van der Waals surface area contributed by atoms with Gasteiger partial charge >= 0.3 is 0 Å². The highest BCUT2D eigenvalue weighted by molar-refractivity contribution is 7.80. The minimum Gasteiger partial charge on any atom is -0.389 e. The molecule has 0 saturated heterocycles. The van der Waals surface area contributed by atoms with Gasteiger partial charge in [0, 0.05) is 17.4 Å². The summed E-state index contributed by atoms with van der Waals surface area (Å²) in [5, 5.41) is 3.79. The molecule has 0 aliphatic carbocycles. The summed E-state index contributed by atoms with van der Waals surface area (Å²) in [7, 11) is 0. The molecule has 5 heteroatoms. The molecule has 2 rings (SSSR count). The number of halogens is 1. The van der Waals surface area contributed by atoms with Crippen molar-refractivity contribution in [2.45, 2.75) is 6.54 Å². The van der Waals surface area contributed by atoms with Gasteiger partial charge in [-0.2, -0.15) is 0 Å². The lowest BCUT2D eigenvalue weighted by Crippen LogP contribution is -2.10. The molecule has 3 nitrogen and oxygen atoms in total. The fraction of sp³-hybridized carbons (Fsp3) is 0.0769. The summed E-state index contributed by atoms with van der Waals surface area (Å²) in [5.74, 6) is 0. The van der Waals surface area contributed by atoms with Gasteiger partial charge in [0.25, 0.3) is 0 Å².